The minimum atomic E-state index is -0.0757. The quantitative estimate of drug-likeness (QED) is 0.906. The molecule has 0 bridgehead atoms. The molecule has 0 saturated carbocycles. The summed E-state index contributed by atoms with van der Waals surface area (Å²) in [7, 11) is 1.64. The van der Waals surface area contributed by atoms with Crippen LogP contribution in [0.1, 0.15) is 15.9 Å². The zero-order valence-corrected chi connectivity index (χ0v) is 12.4. The lowest BCUT2D eigenvalue weighted by Crippen LogP contribution is -2.30. The normalized spacial score (nSPS) is 13.5. The first kappa shape index (κ1) is 14.1. The molecular weight excluding hydrogens is 276 g/mol. The van der Waals surface area contributed by atoms with E-state index in [1.54, 1.807) is 7.05 Å². The molecule has 5 heteroatoms. The number of carbonyl (C=O) groups excluding carboxylic acids is 1. The number of hydrogen-bond acceptors (Lipinski definition) is 4. The van der Waals surface area contributed by atoms with E-state index in [-0.39, 0.29) is 5.91 Å². The minimum absolute atomic E-state index is 0.0757. The van der Waals surface area contributed by atoms with Crippen LogP contribution in [-0.4, -0.2) is 25.5 Å². The van der Waals surface area contributed by atoms with E-state index >= 15 is 0 Å². The third-order valence-corrected chi connectivity index (χ3v) is 3.59. The van der Waals surface area contributed by atoms with E-state index in [2.05, 4.69) is 32.9 Å². The van der Waals surface area contributed by atoms with Gasteiger partial charge in [0.1, 0.15) is 12.5 Å². The van der Waals surface area contributed by atoms with Gasteiger partial charge in [-0.25, -0.2) is 0 Å². The Balaban J connectivity index is 1.79. The van der Waals surface area contributed by atoms with Crippen LogP contribution in [0.15, 0.2) is 59.7 Å². The Morgan fingerprint density at radius 3 is 2.82 bits per heavy atom. The highest BCUT2D eigenvalue weighted by Gasteiger charge is 2.19. The summed E-state index contributed by atoms with van der Waals surface area (Å²) in [5, 5.41) is 7.02. The largest absolute Gasteiger partial charge is 0.355 e. The summed E-state index contributed by atoms with van der Waals surface area (Å²) in [4.78, 5) is 13.9. The highest BCUT2D eigenvalue weighted by molar-refractivity contribution is 6.00. The summed E-state index contributed by atoms with van der Waals surface area (Å²) >= 11 is 0. The fourth-order valence-electron chi connectivity index (χ4n) is 2.48. The average Bonchev–Trinajstić information content (AvgIpc) is 3.03. The highest BCUT2D eigenvalue weighted by Crippen LogP contribution is 2.18. The molecule has 1 aliphatic rings. The molecule has 112 valence electrons. The summed E-state index contributed by atoms with van der Waals surface area (Å²) in [6, 6.07) is 17.8. The van der Waals surface area contributed by atoms with E-state index in [0.717, 1.165) is 17.1 Å². The molecule has 2 N–H and O–H groups in total. The minimum Gasteiger partial charge on any atom is -0.355 e. The molecule has 1 amide bonds. The summed E-state index contributed by atoms with van der Waals surface area (Å²) in [5.41, 5.74) is 5.85. The topological polar surface area (TPSA) is 56.7 Å². The molecule has 5 nitrogen and oxygen atoms in total. The van der Waals surface area contributed by atoms with Crippen molar-refractivity contribution < 1.29 is 4.79 Å². The zero-order chi connectivity index (χ0) is 15.4. The second-order valence-corrected chi connectivity index (χ2v) is 5.06. The van der Waals surface area contributed by atoms with Gasteiger partial charge in [-0.15, -0.1) is 0 Å². The number of rotatable bonds is 4. The van der Waals surface area contributed by atoms with Crippen LogP contribution in [0.5, 0.6) is 0 Å². The molecule has 2 aromatic carbocycles. The maximum atomic E-state index is 11.7. The first-order chi connectivity index (χ1) is 10.8. The standard InChI is InChI=1S/C17H18N4O/c1-18-17(22)14-7-5-6-13(10-14)11-16-20-19-12-21(16)15-8-3-2-4-9-15/h2-10,19H,11-12H2,1H3,(H,18,22). The van der Waals surface area contributed by atoms with E-state index in [1.165, 1.54) is 0 Å². The Kier molecular flexibility index (Phi) is 4.05. The lowest BCUT2D eigenvalue weighted by molar-refractivity contribution is 0.0963. The predicted octanol–water partition coefficient (Wildman–Crippen LogP) is 1.97. The lowest BCUT2D eigenvalue weighted by Gasteiger charge is -2.19. The summed E-state index contributed by atoms with van der Waals surface area (Å²) in [6.45, 7) is 0.661. The smallest absolute Gasteiger partial charge is 0.251 e. The second kappa shape index (κ2) is 6.30. The van der Waals surface area contributed by atoms with Crippen LogP contribution in [0, 0.1) is 0 Å². The van der Waals surface area contributed by atoms with Gasteiger partial charge >= 0.3 is 0 Å². The van der Waals surface area contributed by atoms with Gasteiger partial charge in [-0.05, 0) is 29.8 Å². The van der Waals surface area contributed by atoms with Crippen molar-refractivity contribution in [2.24, 2.45) is 5.10 Å². The van der Waals surface area contributed by atoms with Gasteiger partial charge in [0.15, 0.2) is 0 Å². The van der Waals surface area contributed by atoms with Gasteiger partial charge in [-0.2, -0.15) is 5.10 Å². The number of amidine groups is 1. The number of nitrogens with one attached hydrogen (secondary N) is 2. The highest BCUT2D eigenvalue weighted by atomic mass is 16.1. The molecule has 0 saturated heterocycles. The molecule has 0 atom stereocenters. The van der Waals surface area contributed by atoms with Crippen LogP contribution in [-0.2, 0) is 6.42 Å². The Hall–Kier alpha value is -2.82. The summed E-state index contributed by atoms with van der Waals surface area (Å²) in [5.74, 6) is 0.869. The average molecular weight is 294 g/mol. The van der Waals surface area contributed by atoms with Crippen LogP contribution in [0.3, 0.4) is 0 Å². The second-order valence-electron chi connectivity index (χ2n) is 5.06. The number of amides is 1. The Labute approximate surface area is 129 Å². The predicted molar refractivity (Wildman–Crippen MR) is 87.9 cm³/mol. The molecule has 0 spiro atoms. The first-order valence-electron chi connectivity index (χ1n) is 7.21. The number of hydrazone groups is 1. The van der Waals surface area contributed by atoms with Gasteiger partial charge in [-0.3, -0.25) is 10.2 Å². The van der Waals surface area contributed by atoms with Crippen molar-refractivity contribution in [2.75, 3.05) is 18.6 Å². The molecule has 0 aliphatic carbocycles. The maximum Gasteiger partial charge on any atom is 0.251 e. The number of anilines is 1. The van der Waals surface area contributed by atoms with Crippen LogP contribution in [0.4, 0.5) is 5.69 Å². The third kappa shape index (κ3) is 2.93. The van der Waals surface area contributed by atoms with Crippen molar-refractivity contribution in [2.45, 2.75) is 6.42 Å². The number of benzene rings is 2. The van der Waals surface area contributed by atoms with Gasteiger partial charge in [0.05, 0.1) is 0 Å². The van der Waals surface area contributed by atoms with E-state index in [0.29, 0.717) is 18.7 Å². The Morgan fingerprint density at radius 2 is 2.05 bits per heavy atom. The van der Waals surface area contributed by atoms with Crippen LogP contribution in [0.25, 0.3) is 0 Å². The van der Waals surface area contributed by atoms with Crippen LogP contribution in [0.2, 0.25) is 0 Å². The van der Waals surface area contributed by atoms with Crippen molar-refractivity contribution in [3.05, 3.63) is 65.7 Å². The first-order valence-corrected chi connectivity index (χ1v) is 7.21. The van der Waals surface area contributed by atoms with Crippen molar-refractivity contribution in [3.63, 3.8) is 0 Å². The molecule has 1 aliphatic heterocycles. The SMILES string of the molecule is CNC(=O)c1cccc(CC2=NNCN2c2ccccc2)c1. The third-order valence-electron chi connectivity index (χ3n) is 3.59. The van der Waals surface area contributed by atoms with Crippen molar-refractivity contribution in [1.82, 2.24) is 10.7 Å². The van der Waals surface area contributed by atoms with E-state index in [4.69, 9.17) is 0 Å². The van der Waals surface area contributed by atoms with Gasteiger partial charge in [-0.1, -0.05) is 30.3 Å². The molecule has 0 radical (unpaired) electrons. The molecule has 0 unspecified atom stereocenters. The number of para-hydroxylation sites is 1. The Morgan fingerprint density at radius 1 is 1.23 bits per heavy atom. The van der Waals surface area contributed by atoms with Crippen LogP contribution >= 0.6 is 0 Å². The van der Waals surface area contributed by atoms with E-state index < -0.39 is 0 Å². The fraction of sp³-hybridized carbons (Fsp3) is 0.176. The van der Waals surface area contributed by atoms with E-state index in [9.17, 15) is 4.79 Å². The van der Waals surface area contributed by atoms with Gasteiger partial charge in [0, 0.05) is 24.7 Å². The van der Waals surface area contributed by atoms with Gasteiger partial charge in [0.25, 0.3) is 5.91 Å². The summed E-state index contributed by atoms with van der Waals surface area (Å²) < 4.78 is 0. The fourth-order valence-corrected chi connectivity index (χ4v) is 2.48. The zero-order valence-electron chi connectivity index (χ0n) is 12.4. The molecule has 2 aromatic rings. The molecule has 3 rings (SSSR count). The van der Waals surface area contributed by atoms with Crippen molar-refractivity contribution in [1.29, 1.82) is 0 Å². The molecule has 22 heavy (non-hydrogen) atoms. The maximum absolute atomic E-state index is 11.7. The van der Waals surface area contributed by atoms with Crippen LogP contribution < -0.4 is 15.6 Å². The lowest BCUT2D eigenvalue weighted by atomic mass is 10.1. The Bertz CT molecular complexity index is 697. The molecule has 0 fully saturated rings. The molecule has 1 heterocycles. The number of hydrogen-bond donors (Lipinski definition) is 2. The monoisotopic (exact) mass is 294 g/mol. The van der Waals surface area contributed by atoms with Crippen molar-refractivity contribution in [3.8, 4) is 0 Å². The van der Waals surface area contributed by atoms with Gasteiger partial charge in [0.2, 0.25) is 0 Å². The molecule has 0 aromatic heterocycles. The van der Waals surface area contributed by atoms with E-state index in [1.807, 2.05) is 42.5 Å². The number of nitrogens with zero attached hydrogens (tertiary/aromatic N) is 2. The van der Waals surface area contributed by atoms with Crippen molar-refractivity contribution >= 4 is 17.4 Å². The summed E-state index contributed by atoms with van der Waals surface area (Å²) in [6.07, 6.45) is 0.673. The van der Waals surface area contributed by atoms with Gasteiger partial charge < -0.3 is 10.2 Å². The molecular formula is C17H18N4O. The number of carbonyl (C=O) groups is 1.